The average Bonchev–Trinajstić information content (AvgIpc) is 3.09. The summed E-state index contributed by atoms with van der Waals surface area (Å²) in [6.45, 7) is 4.86. The van der Waals surface area contributed by atoms with Crippen LogP contribution in [0, 0.1) is 17.8 Å². The van der Waals surface area contributed by atoms with Crippen molar-refractivity contribution in [1.29, 1.82) is 0 Å². The molecule has 33 heavy (non-hydrogen) atoms. The number of carbonyl (C=O) groups excluding carboxylic acids is 2. The van der Waals surface area contributed by atoms with Crippen LogP contribution in [0.5, 0.6) is 0 Å². The molecule has 5 atom stereocenters. The smallest absolute Gasteiger partial charge is 0.238 e. The Hall–Kier alpha value is -3.12. The van der Waals surface area contributed by atoms with E-state index in [-0.39, 0.29) is 23.7 Å². The van der Waals surface area contributed by atoms with E-state index >= 15 is 0 Å². The molecule has 2 fully saturated rings. The third-order valence-corrected chi connectivity index (χ3v) is 6.90. The van der Waals surface area contributed by atoms with Gasteiger partial charge in [0.2, 0.25) is 11.8 Å². The maximum atomic E-state index is 13.8. The van der Waals surface area contributed by atoms with Gasteiger partial charge >= 0.3 is 0 Å². The Balaban J connectivity index is 1.61. The van der Waals surface area contributed by atoms with Crippen LogP contribution in [0.15, 0.2) is 72.2 Å². The quantitative estimate of drug-likeness (QED) is 0.605. The summed E-state index contributed by atoms with van der Waals surface area (Å²) in [5.74, 6) is -0.245. The maximum Gasteiger partial charge on any atom is 0.238 e. The van der Waals surface area contributed by atoms with E-state index in [0.717, 1.165) is 5.56 Å². The summed E-state index contributed by atoms with van der Waals surface area (Å²) in [5.41, 5.74) is 1.73. The molecule has 2 amide bonds. The molecule has 0 bridgehead atoms. The third kappa shape index (κ3) is 3.72. The van der Waals surface area contributed by atoms with Gasteiger partial charge in [-0.05, 0) is 31.5 Å². The van der Waals surface area contributed by atoms with Crippen molar-refractivity contribution in [2.45, 2.75) is 38.9 Å². The number of hydrogen-bond acceptors (Lipinski definition) is 5. The van der Waals surface area contributed by atoms with Crippen LogP contribution >= 0.6 is 0 Å². The summed E-state index contributed by atoms with van der Waals surface area (Å²) in [5, 5.41) is 0. The van der Waals surface area contributed by atoms with Gasteiger partial charge in [-0.15, -0.1) is 0 Å². The Kier molecular flexibility index (Phi) is 5.94. The Morgan fingerprint density at radius 2 is 1.58 bits per heavy atom. The van der Waals surface area contributed by atoms with Crippen LogP contribution in [-0.4, -0.2) is 31.3 Å². The number of para-hydroxylation sites is 1. The minimum Gasteiger partial charge on any atom is -0.495 e. The zero-order valence-electron chi connectivity index (χ0n) is 19.0. The molecule has 0 saturated carbocycles. The van der Waals surface area contributed by atoms with E-state index in [0.29, 0.717) is 43.3 Å². The molecule has 172 valence electrons. The van der Waals surface area contributed by atoms with Gasteiger partial charge in [0.05, 0.1) is 24.1 Å². The van der Waals surface area contributed by atoms with Crippen molar-refractivity contribution in [1.82, 2.24) is 0 Å². The zero-order valence-corrected chi connectivity index (χ0v) is 19.0. The summed E-state index contributed by atoms with van der Waals surface area (Å²) in [6, 6.07) is 19.3. The fourth-order valence-electron chi connectivity index (χ4n) is 5.61. The lowest BCUT2D eigenvalue weighted by Gasteiger charge is -2.44. The fourth-order valence-corrected chi connectivity index (χ4v) is 5.61. The second kappa shape index (κ2) is 9.02. The maximum absolute atomic E-state index is 13.8. The number of fused-ring (bicyclic) bond motifs is 3. The minimum absolute atomic E-state index is 0.0257. The number of rotatable bonds is 6. The SMILES string of the molecule is CCOC1=C2O[C@@H](OCC)C[C@@H](c3ccccc3)[C@@H]2[C@@H]2C(=O)N(c3ccccc3)C(=O)[C@@H]2C1. The number of nitrogens with zero attached hydrogens (tertiary/aromatic N) is 1. The second-order valence-corrected chi connectivity index (χ2v) is 8.69. The first-order valence-electron chi connectivity index (χ1n) is 11.8. The van der Waals surface area contributed by atoms with Crippen molar-refractivity contribution < 1.29 is 23.8 Å². The lowest BCUT2D eigenvalue weighted by atomic mass is 9.66. The van der Waals surface area contributed by atoms with Gasteiger partial charge < -0.3 is 14.2 Å². The van der Waals surface area contributed by atoms with E-state index < -0.39 is 18.1 Å². The van der Waals surface area contributed by atoms with E-state index in [1.807, 2.05) is 62.4 Å². The molecule has 0 aromatic heterocycles. The van der Waals surface area contributed by atoms with E-state index in [9.17, 15) is 9.59 Å². The highest BCUT2D eigenvalue weighted by molar-refractivity contribution is 6.22. The monoisotopic (exact) mass is 447 g/mol. The average molecular weight is 448 g/mol. The van der Waals surface area contributed by atoms with Crippen molar-refractivity contribution >= 4 is 17.5 Å². The standard InChI is InChI=1S/C27H29NO5/c1-3-31-21-15-20-24(27(30)28(26(20)29)18-13-9-6-10-14-18)23-19(17-11-7-5-8-12-17)16-22(32-4-2)33-25(21)23/h5-14,19-20,22-24H,3-4,15-16H2,1-2H3/t19-,20+,22+,23+,24+/m0/s1. The predicted molar refractivity (Wildman–Crippen MR) is 123 cm³/mol. The predicted octanol–water partition coefficient (Wildman–Crippen LogP) is 4.63. The molecule has 2 aliphatic heterocycles. The van der Waals surface area contributed by atoms with E-state index in [1.54, 1.807) is 0 Å². The Morgan fingerprint density at radius 3 is 2.24 bits per heavy atom. The van der Waals surface area contributed by atoms with Crippen LogP contribution in [0.1, 0.15) is 38.2 Å². The van der Waals surface area contributed by atoms with Gasteiger partial charge in [0.1, 0.15) is 11.5 Å². The Morgan fingerprint density at radius 1 is 0.879 bits per heavy atom. The summed E-state index contributed by atoms with van der Waals surface area (Å²) < 4.78 is 18.2. The van der Waals surface area contributed by atoms with Crippen molar-refractivity contribution in [3.8, 4) is 0 Å². The second-order valence-electron chi connectivity index (χ2n) is 8.69. The molecule has 2 heterocycles. The molecule has 2 aromatic carbocycles. The van der Waals surface area contributed by atoms with Gasteiger partial charge in [-0.25, -0.2) is 0 Å². The summed E-state index contributed by atoms with van der Waals surface area (Å²) >= 11 is 0. The largest absolute Gasteiger partial charge is 0.495 e. The molecular weight excluding hydrogens is 418 g/mol. The number of allylic oxidation sites excluding steroid dienone is 2. The van der Waals surface area contributed by atoms with Gasteiger partial charge in [-0.2, -0.15) is 0 Å². The van der Waals surface area contributed by atoms with E-state index in [1.165, 1.54) is 4.90 Å². The first-order chi connectivity index (χ1) is 16.1. The number of anilines is 1. The van der Waals surface area contributed by atoms with Crippen LogP contribution in [0.3, 0.4) is 0 Å². The summed E-state index contributed by atoms with van der Waals surface area (Å²) in [7, 11) is 0. The molecule has 5 rings (SSSR count). The van der Waals surface area contributed by atoms with E-state index in [4.69, 9.17) is 14.2 Å². The van der Waals surface area contributed by atoms with E-state index in [2.05, 4.69) is 12.1 Å². The molecular formula is C27H29NO5. The molecule has 1 aliphatic carbocycles. The van der Waals surface area contributed by atoms with Crippen LogP contribution < -0.4 is 4.90 Å². The van der Waals surface area contributed by atoms with Crippen LogP contribution in [-0.2, 0) is 23.8 Å². The lowest BCUT2D eigenvalue weighted by molar-refractivity contribution is -0.164. The lowest BCUT2D eigenvalue weighted by Crippen LogP contribution is -2.43. The first kappa shape index (κ1) is 21.7. The topological polar surface area (TPSA) is 65.1 Å². The molecule has 6 heteroatoms. The Labute approximate surface area is 194 Å². The summed E-state index contributed by atoms with van der Waals surface area (Å²) in [4.78, 5) is 28.7. The van der Waals surface area contributed by atoms with Gasteiger partial charge in [-0.1, -0.05) is 48.5 Å². The molecule has 2 saturated heterocycles. The normalized spacial score (nSPS) is 28.9. The molecule has 0 radical (unpaired) electrons. The van der Waals surface area contributed by atoms with Crippen molar-refractivity contribution in [3.05, 3.63) is 77.7 Å². The van der Waals surface area contributed by atoms with Crippen molar-refractivity contribution in [3.63, 3.8) is 0 Å². The van der Waals surface area contributed by atoms with Crippen LogP contribution in [0.4, 0.5) is 5.69 Å². The third-order valence-electron chi connectivity index (χ3n) is 6.90. The number of hydrogen-bond donors (Lipinski definition) is 0. The zero-order chi connectivity index (χ0) is 22.9. The van der Waals surface area contributed by atoms with Crippen molar-refractivity contribution in [2.24, 2.45) is 17.8 Å². The molecule has 0 spiro atoms. The van der Waals surface area contributed by atoms with Crippen LogP contribution in [0.2, 0.25) is 0 Å². The number of imide groups is 1. The highest BCUT2D eigenvalue weighted by Gasteiger charge is 2.59. The molecule has 3 aliphatic rings. The van der Waals surface area contributed by atoms with Crippen molar-refractivity contribution in [2.75, 3.05) is 18.1 Å². The minimum atomic E-state index is -0.496. The molecule has 2 aromatic rings. The molecule has 0 unspecified atom stereocenters. The number of ether oxygens (including phenoxy) is 3. The number of benzene rings is 2. The van der Waals surface area contributed by atoms with Gasteiger partial charge in [0.15, 0.2) is 6.29 Å². The highest BCUT2D eigenvalue weighted by Crippen LogP contribution is 2.55. The highest BCUT2D eigenvalue weighted by atomic mass is 16.7. The Bertz CT molecular complexity index is 1050. The number of carbonyl (C=O) groups is 2. The fraction of sp³-hybridized carbons (Fsp3) is 0.407. The van der Waals surface area contributed by atoms with Crippen LogP contribution in [0.25, 0.3) is 0 Å². The number of amides is 2. The molecule has 6 nitrogen and oxygen atoms in total. The first-order valence-corrected chi connectivity index (χ1v) is 11.8. The molecule has 0 N–H and O–H groups in total. The van der Waals surface area contributed by atoms with Gasteiger partial charge in [0.25, 0.3) is 0 Å². The van der Waals surface area contributed by atoms with Gasteiger partial charge in [0, 0.05) is 31.3 Å². The van der Waals surface area contributed by atoms with Gasteiger partial charge in [-0.3, -0.25) is 14.5 Å². The summed E-state index contributed by atoms with van der Waals surface area (Å²) in [6.07, 6.45) is 0.552.